The second-order valence-corrected chi connectivity index (χ2v) is 2.90. The minimum absolute atomic E-state index is 0.347. The Morgan fingerprint density at radius 2 is 2.00 bits per heavy atom. The molecular formula is C7H17N2. The molecule has 2 heteroatoms. The predicted molar refractivity (Wildman–Crippen MR) is 40.5 cm³/mol. The Bertz CT molecular complexity index is 77.0. The van der Waals surface area contributed by atoms with Crippen LogP contribution in [0.2, 0.25) is 0 Å². The molecule has 1 unspecified atom stereocenters. The van der Waals surface area contributed by atoms with E-state index in [1.807, 2.05) is 13.8 Å². The fraction of sp³-hybridized carbons (Fsp3) is 0.857. The Balaban J connectivity index is 3.58. The summed E-state index contributed by atoms with van der Waals surface area (Å²) in [7, 11) is 0. The van der Waals surface area contributed by atoms with Crippen LogP contribution in [0.5, 0.6) is 0 Å². The monoisotopic (exact) mass is 129 g/mol. The molecule has 0 aromatic rings. The second-order valence-electron chi connectivity index (χ2n) is 2.90. The van der Waals surface area contributed by atoms with Gasteiger partial charge in [-0.15, -0.1) is 0 Å². The second kappa shape index (κ2) is 3.18. The first-order valence-electron chi connectivity index (χ1n) is 3.39. The third-order valence-corrected chi connectivity index (χ3v) is 1.39. The van der Waals surface area contributed by atoms with Gasteiger partial charge in [-0.05, 0) is 18.8 Å². The minimum Gasteiger partial charge on any atom is -0.313 e. The van der Waals surface area contributed by atoms with E-state index in [-0.39, 0.29) is 0 Å². The van der Waals surface area contributed by atoms with Crippen LogP contribution in [-0.2, 0) is 0 Å². The Kier molecular flexibility index (Phi) is 3.15. The maximum Gasteiger partial charge on any atom is 0.0636 e. The highest BCUT2D eigenvalue weighted by Gasteiger charge is 2.16. The lowest BCUT2D eigenvalue weighted by atomic mass is 9.97. The largest absolute Gasteiger partial charge is 0.313 e. The molecule has 0 amide bonds. The lowest BCUT2D eigenvalue weighted by Crippen LogP contribution is -2.49. The van der Waals surface area contributed by atoms with Crippen LogP contribution in [0.25, 0.3) is 0 Å². The van der Waals surface area contributed by atoms with Crippen LogP contribution in [0, 0.1) is 12.8 Å². The molecule has 0 spiro atoms. The van der Waals surface area contributed by atoms with Crippen LogP contribution in [0.3, 0.4) is 0 Å². The summed E-state index contributed by atoms with van der Waals surface area (Å²) in [6, 6.07) is 0. The van der Waals surface area contributed by atoms with Crippen LogP contribution in [0.1, 0.15) is 26.7 Å². The molecule has 0 rings (SSSR count). The van der Waals surface area contributed by atoms with Crippen molar-refractivity contribution in [2.24, 2.45) is 17.4 Å². The van der Waals surface area contributed by atoms with Crippen molar-refractivity contribution in [3.8, 4) is 0 Å². The maximum atomic E-state index is 5.65. The van der Waals surface area contributed by atoms with E-state index in [1.54, 1.807) is 0 Å². The van der Waals surface area contributed by atoms with E-state index in [4.69, 9.17) is 11.5 Å². The molecule has 0 saturated heterocycles. The molecular weight excluding hydrogens is 112 g/mol. The first-order chi connectivity index (χ1) is 3.98. The highest BCUT2D eigenvalue weighted by atomic mass is 14.9. The third-order valence-electron chi connectivity index (χ3n) is 1.39. The first kappa shape index (κ1) is 8.92. The van der Waals surface area contributed by atoms with Crippen LogP contribution >= 0.6 is 0 Å². The number of hydrogen-bond acceptors (Lipinski definition) is 2. The molecule has 2 nitrogen and oxygen atoms in total. The van der Waals surface area contributed by atoms with Gasteiger partial charge < -0.3 is 11.5 Å². The molecule has 0 aromatic heterocycles. The van der Waals surface area contributed by atoms with Crippen LogP contribution in [0.4, 0.5) is 0 Å². The molecule has 0 aliphatic heterocycles. The average molecular weight is 129 g/mol. The van der Waals surface area contributed by atoms with E-state index in [0.717, 1.165) is 12.8 Å². The zero-order valence-electron chi connectivity index (χ0n) is 6.35. The van der Waals surface area contributed by atoms with Gasteiger partial charge in [-0.25, -0.2) is 0 Å². The van der Waals surface area contributed by atoms with Crippen molar-refractivity contribution in [1.82, 2.24) is 0 Å². The number of nitrogens with two attached hydrogens (primary N) is 2. The molecule has 0 aliphatic carbocycles. The van der Waals surface area contributed by atoms with E-state index in [0.29, 0.717) is 5.92 Å². The summed E-state index contributed by atoms with van der Waals surface area (Å²) in [6.07, 6.45) is 1.61. The molecule has 0 saturated carbocycles. The predicted octanol–water partition coefficient (Wildman–Crippen LogP) is 0.870. The van der Waals surface area contributed by atoms with Gasteiger partial charge in [0.1, 0.15) is 0 Å². The van der Waals surface area contributed by atoms with Crippen LogP contribution in [-0.4, -0.2) is 5.66 Å². The minimum atomic E-state index is -0.499. The Hall–Kier alpha value is -0.0800. The van der Waals surface area contributed by atoms with Gasteiger partial charge in [0.15, 0.2) is 0 Å². The zero-order chi connectivity index (χ0) is 7.49. The summed E-state index contributed by atoms with van der Waals surface area (Å²) < 4.78 is 0. The Morgan fingerprint density at radius 1 is 1.56 bits per heavy atom. The van der Waals surface area contributed by atoms with Crippen LogP contribution in [0.15, 0.2) is 0 Å². The molecule has 0 heterocycles. The van der Waals surface area contributed by atoms with Gasteiger partial charge in [-0.3, -0.25) is 0 Å². The molecule has 0 aromatic carbocycles. The Labute approximate surface area is 57.6 Å². The fourth-order valence-electron chi connectivity index (χ4n) is 0.793. The van der Waals surface area contributed by atoms with Gasteiger partial charge in [0.2, 0.25) is 0 Å². The van der Waals surface area contributed by atoms with Crippen molar-refractivity contribution in [3.63, 3.8) is 0 Å². The maximum absolute atomic E-state index is 5.65. The smallest absolute Gasteiger partial charge is 0.0636 e. The summed E-state index contributed by atoms with van der Waals surface area (Å²) in [5.41, 5.74) is 10.8. The van der Waals surface area contributed by atoms with Crippen molar-refractivity contribution in [2.75, 3.05) is 0 Å². The van der Waals surface area contributed by atoms with E-state index < -0.39 is 5.66 Å². The lowest BCUT2D eigenvalue weighted by molar-refractivity contribution is 0.355. The first-order valence-corrected chi connectivity index (χ1v) is 3.39. The van der Waals surface area contributed by atoms with Gasteiger partial charge in [0.05, 0.1) is 5.66 Å². The van der Waals surface area contributed by atoms with Crippen molar-refractivity contribution in [3.05, 3.63) is 6.92 Å². The molecule has 1 atom stereocenters. The van der Waals surface area contributed by atoms with E-state index in [1.165, 1.54) is 0 Å². The van der Waals surface area contributed by atoms with Gasteiger partial charge >= 0.3 is 0 Å². The van der Waals surface area contributed by atoms with Gasteiger partial charge in [-0.2, -0.15) is 0 Å². The SMILES string of the molecule is [CH2]C(C)CC(N)(N)CC. The number of hydrogen-bond donors (Lipinski definition) is 2. The van der Waals surface area contributed by atoms with Crippen molar-refractivity contribution in [2.45, 2.75) is 32.4 Å². The summed E-state index contributed by atoms with van der Waals surface area (Å²) >= 11 is 0. The molecule has 0 fully saturated rings. The quantitative estimate of drug-likeness (QED) is 0.555. The highest BCUT2D eigenvalue weighted by molar-refractivity contribution is 4.77. The van der Waals surface area contributed by atoms with Gasteiger partial charge in [-0.1, -0.05) is 20.8 Å². The molecule has 0 aliphatic rings. The molecule has 9 heavy (non-hydrogen) atoms. The van der Waals surface area contributed by atoms with Crippen molar-refractivity contribution >= 4 is 0 Å². The number of rotatable bonds is 3. The normalized spacial score (nSPS) is 12.7. The fourth-order valence-corrected chi connectivity index (χ4v) is 0.793. The summed E-state index contributed by atoms with van der Waals surface area (Å²) in [5.74, 6) is 0.347. The van der Waals surface area contributed by atoms with E-state index in [2.05, 4.69) is 6.92 Å². The summed E-state index contributed by atoms with van der Waals surface area (Å²) in [6.45, 7) is 7.82. The van der Waals surface area contributed by atoms with Gasteiger partial charge in [0, 0.05) is 0 Å². The summed E-state index contributed by atoms with van der Waals surface area (Å²) in [4.78, 5) is 0. The van der Waals surface area contributed by atoms with E-state index >= 15 is 0 Å². The van der Waals surface area contributed by atoms with E-state index in [9.17, 15) is 0 Å². The molecule has 1 radical (unpaired) electrons. The average Bonchev–Trinajstić information content (AvgIpc) is 1.63. The van der Waals surface area contributed by atoms with Crippen molar-refractivity contribution < 1.29 is 0 Å². The Morgan fingerprint density at radius 3 is 2.11 bits per heavy atom. The lowest BCUT2D eigenvalue weighted by Gasteiger charge is -2.24. The van der Waals surface area contributed by atoms with Gasteiger partial charge in [0.25, 0.3) is 0 Å². The highest BCUT2D eigenvalue weighted by Crippen LogP contribution is 2.10. The van der Waals surface area contributed by atoms with Crippen molar-refractivity contribution in [1.29, 1.82) is 0 Å². The standard InChI is InChI=1S/C7H17N2/c1-4-7(8,9)5-6(2)3/h6H,2,4-5,8-9H2,1,3H3. The topological polar surface area (TPSA) is 52.0 Å². The zero-order valence-corrected chi connectivity index (χ0v) is 6.35. The molecule has 0 bridgehead atoms. The van der Waals surface area contributed by atoms with Crippen LogP contribution < -0.4 is 11.5 Å². The molecule has 55 valence electrons. The summed E-state index contributed by atoms with van der Waals surface area (Å²) in [5, 5.41) is 0. The third kappa shape index (κ3) is 4.43. The molecule has 4 N–H and O–H groups in total.